The lowest BCUT2D eigenvalue weighted by atomic mass is 10.1. The van der Waals surface area contributed by atoms with Crippen LogP contribution in [0, 0.1) is 5.82 Å². The quantitative estimate of drug-likeness (QED) is 0.719. The van der Waals surface area contributed by atoms with Gasteiger partial charge in [0.05, 0.1) is 13.5 Å². The third kappa shape index (κ3) is 5.81. The molecule has 2 aromatic rings. The zero-order chi connectivity index (χ0) is 20.5. The number of amides is 2. The number of methoxy groups -OCH3 is 1. The van der Waals surface area contributed by atoms with Crippen LogP contribution in [-0.4, -0.2) is 36.4 Å². The van der Waals surface area contributed by atoms with Gasteiger partial charge in [-0.15, -0.1) is 0 Å². The van der Waals surface area contributed by atoms with E-state index in [1.807, 2.05) is 31.2 Å². The molecule has 2 amide bonds. The molecule has 0 aromatic heterocycles. The molecular weight excluding hydrogens is 359 g/mol. The molecule has 6 heteroatoms. The number of hydrogen-bond donors (Lipinski definition) is 1. The van der Waals surface area contributed by atoms with Crippen molar-refractivity contribution in [2.75, 3.05) is 13.7 Å². The highest BCUT2D eigenvalue weighted by molar-refractivity contribution is 5.88. The van der Waals surface area contributed by atoms with Crippen molar-refractivity contribution in [3.05, 3.63) is 65.5 Å². The van der Waals surface area contributed by atoms with Gasteiger partial charge in [0, 0.05) is 13.1 Å². The molecule has 0 heterocycles. The maximum absolute atomic E-state index is 14.0. The van der Waals surface area contributed by atoms with E-state index in [-0.39, 0.29) is 24.8 Å². The Hall–Kier alpha value is -2.89. The van der Waals surface area contributed by atoms with E-state index in [1.165, 1.54) is 11.0 Å². The molecule has 0 saturated heterocycles. The van der Waals surface area contributed by atoms with E-state index >= 15 is 0 Å². The van der Waals surface area contributed by atoms with Crippen LogP contribution in [0.15, 0.2) is 48.5 Å². The first-order valence-electron chi connectivity index (χ1n) is 9.39. The predicted octanol–water partition coefficient (Wildman–Crippen LogP) is 3.32. The number of hydrogen-bond acceptors (Lipinski definition) is 3. The lowest BCUT2D eigenvalue weighted by Gasteiger charge is -2.29. The fraction of sp³-hybridized carbons (Fsp3) is 0.364. The van der Waals surface area contributed by atoms with Crippen LogP contribution in [0.25, 0.3) is 0 Å². The lowest BCUT2D eigenvalue weighted by Crippen LogP contribution is -2.48. The van der Waals surface area contributed by atoms with Crippen LogP contribution < -0.4 is 10.1 Å². The van der Waals surface area contributed by atoms with Crippen molar-refractivity contribution in [3.8, 4) is 5.75 Å². The fourth-order valence-electron chi connectivity index (χ4n) is 2.85. The van der Waals surface area contributed by atoms with E-state index in [0.29, 0.717) is 17.9 Å². The average Bonchev–Trinajstić information content (AvgIpc) is 2.71. The minimum absolute atomic E-state index is 0.109. The van der Waals surface area contributed by atoms with Gasteiger partial charge >= 0.3 is 0 Å². The second-order valence-corrected chi connectivity index (χ2v) is 6.61. The summed E-state index contributed by atoms with van der Waals surface area (Å²) in [7, 11) is 1.57. The molecule has 1 N–H and O–H groups in total. The summed E-state index contributed by atoms with van der Waals surface area (Å²) >= 11 is 0. The van der Waals surface area contributed by atoms with Crippen LogP contribution >= 0.6 is 0 Å². The summed E-state index contributed by atoms with van der Waals surface area (Å²) < 4.78 is 19.2. The Morgan fingerprint density at radius 1 is 1.18 bits per heavy atom. The number of carbonyl (C=O) groups is 2. The fourth-order valence-corrected chi connectivity index (χ4v) is 2.85. The molecule has 0 fully saturated rings. The van der Waals surface area contributed by atoms with Gasteiger partial charge in [0.2, 0.25) is 11.8 Å². The van der Waals surface area contributed by atoms with Crippen LogP contribution in [0.4, 0.5) is 4.39 Å². The van der Waals surface area contributed by atoms with Crippen molar-refractivity contribution >= 4 is 11.8 Å². The molecule has 5 nitrogen and oxygen atoms in total. The summed E-state index contributed by atoms with van der Waals surface area (Å²) in [6.07, 6.45) is 0.694. The highest BCUT2D eigenvalue weighted by atomic mass is 19.1. The third-order valence-corrected chi connectivity index (χ3v) is 4.50. The molecule has 0 saturated carbocycles. The number of benzene rings is 2. The van der Waals surface area contributed by atoms with Gasteiger partial charge in [-0.25, -0.2) is 4.39 Å². The van der Waals surface area contributed by atoms with Gasteiger partial charge in [-0.2, -0.15) is 0 Å². The molecule has 0 bridgehead atoms. The molecule has 2 aromatic carbocycles. The van der Waals surface area contributed by atoms with E-state index < -0.39 is 11.9 Å². The van der Waals surface area contributed by atoms with Crippen LogP contribution in [0.1, 0.15) is 31.4 Å². The number of carbonyl (C=O) groups excluding carboxylic acids is 2. The van der Waals surface area contributed by atoms with Crippen molar-refractivity contribution in [2.45, 2.75) is 39.3 Å². The van der Waals surface area contributed by atoms with Gasteiger partial charge in [0.15, 0.2) is 0 Å². The van der Waals surface area contributed by atoms with Gasteiger partial charge < -0.3 is 15.0 Å². The number of nitrogens with one attached hydrogen (secondary N) is 1. The SMILES string of the molecule is CCCNC(=O)[C@@H](C)N(Cc1cccc(OC)c1)C(=O)Cc1ccccc1F. The largest absolute Gasteiger partial charge is 0.497 e. The highest BCUT2D eigenvalue weighted by Gasteiger charge is 2.26. The third-order valence-electron chi connectivity index (χ3n) is 4.50. The van der Waals surface area contributed by atoms with Crippen molar-refractivity contribution in [3.63, 3.8) is 0 Å². The Morgan fingerprint density at radius 3 is 2.61 bits per heavy atom. The van der Waals surface area contributed by atoms with Crippen molar-refractivity contribution in [2.24, 2.45) is 0 Å². The normalized spacial score (nSPS) is 11.6. The molecule has 0 spiro atoms. The van der Waals surface area contributed by atoms with E-state index in [2.05, 4.69) is 5.32 Å². The van der Waals surface area contributed by atoms with E-state index in [0.717, 1.165) is 12.0 Å². The summed E-state index contributed by atoms with van der Waals surface area (Å²) in [5.74, 6) is -0.305. The number of halogens is 1. The average molecular weight is 386 g/mol. The molecule has 0 aliphatic heterocycles. The van der Waals surface area contributed by atoms with Crippen LogP contribution in [0.5, 0.6) is 5.75 Å². The Labute approximate surface area is 165 Å². The summed E-state index contributed by atoms with van der Waals surface area (Å²) in [5.41, 5.74) is 1.14. The Balaban J connectivity index is 2.24. The highest BCUT2D eigenvalue weighted by Crippen LogP contribution is 2.18. The van der Waals surface area contributed by atoms with E-state index in [9.17, 15) is 14.0 Å². The number of ether oxygens (including phenoxy) is 1. The van der Waals surface area contributed by atoms with E-state index in [1.54, 1.807) is 32.2 Å². The molecule has 1 atom stereocenters. The van der Waals surface area contributed by atoms with Crippen LogP contribution in [0.2, 0.25) is 0 Å². The summed E-state index contributed by atoms with van der Waals surface area (Å²) in [6.45, 7) is 4.41. The predicted molar refractivity (Wildman–Crippen MR) is 106 cm³/mol. The number of nitrogens with zero attached hydrogens (tertiary/aromatic N) is 1. The smallest absolute Gasteiger partial charge is 0.242 e. The zero-order valence-corrected chi connectivity index (χ0v) is 16.6. The molecule has 2 rings (SSSR count). The maximum atomic E-state index is 14.0. The standard InChI is InChI=1S/C22H27FN2O3/c1-4-12-24-22(27)16(2)25(15-17-8-7-10-19(13-17)28-3)21(26)14-18-9-5-6-11-20(18)23/h5-11,13,16H,4,12,14-15H2,1-3H3,(H,24,27)/t16-/m1/s1. The zero-order valence-electron chi connectivity index (χ0n) is 16.6. The van der Waals surface area contributed by atoms with Crippen molar-refractivity contribution in [1.29, 1.82) is 0 Å². The molecule has 150 valence electrons. The Bertz CT molecular complexity index is 810. The first kappa shape index (κ1) is 21.4. The summed E-state index contributed by atoms with van der Waals surface area (Å²) in [6, 6.07) is 12.8. The van der Waals surface area contributed by atoms with Crippen molar-refractivity contribution in [1.82, 2.24) is 10.2 Å². The van der Waals surface area contributed by atoms with Gasteiger partial charge in [-0.05, 0) is 42.7 Å². The first-order chi connectivity index (χ1) is 13.5. The first-order valence-corrected chi connectivity index (χ1v) is 9.39. The molecule has 0 aliphatic rings. The molecule has 0 radical (unpaired) electrons. The molecule has 0 aliphatic carbocycles. The van der Waals surface area contributed by atoms with Gasteiger partial charge in [-0.1, -0.05) is 37.3 Å². The van der Waals surface area contributed by atoms with Gasteiger partial charge in [0.25, 0.3) is 0 Å². The van der Waals surface area contributed by atoms with Crippen LogP contribution in [0.3, 0.4) is 0 Å². The number of rotatable bonds is 9. The minimum Gasteiger partial charge on any atom is -0.497 e. The molecule has 28 heavy (non-hydrogen) atoms. The molecular formula is C22H27FN2O3. The van der Waals surface area contributed by atoms with Crippen LogP contribution in [-0.2, 0) is 22.6 Å². The van der Waals surface area contributed by atoms with Gasteiger partial charge in [0.1, 0.15) is 17.6 Å². The second kappa shape index (κ2) is 10.4. The second-order valence-electron chi connectivity index (χ2n) is 6.61. The Kier molecular flexibility index (Phi) is 7.99. The van der Waals surface area contributed by atoms with Gasteiger partial charge in [-0.3, -0.25) is 9.59 Å². The summed E-state index contributed by atoms with van der Waals surface area (Å²) in [5, 5.41) is 2.82. The van der Waals surface area contributed by atoms with E-state index in [4.69, 9.17) is 4.74 Å². The topological polar surface area (TPSA) is 58.6 Å². The minimum atomic E-state index is -0.683. The summed E-state index contributed by atoms with van der Waals surface area (Å²) in [4.78, 5) is 26.9. The lowest BCUT2D eigenvalue weighted by molar-refractivity contribution is -0.140. The molecule has 0 unspecified atom stereocenters. The maximum Gasteiger partial charge on any atom is 0.242 e. The monoisotopic (exact) mass is 386 g/mol. The van der Waals surface area contributed by atoms with Crippen molar-refractivity contribution < 1.29 is 18.7 Å². The Morgan fingerprint density at radius 2 is 1.93 bits per heavy atom.